The highest BCUT2D eigenvalue weighted by Gasteiger charge is 2.35. The lowest BCUT2D eigenvalue weighted by atomic mass is 10.1. The largest absolute Gasteiger partial charge is 0.460 e. The van der Waals surface area contributed by atoms with E-state index in [1.807, 2.05) is 26.0 Å². The van der Waals surface area contributed by atoms with Gasteiger partial charge in [-0.3, -0.25) is 14.5 Å². The number of imide groups is 1. The molecule has 0 saturated heterocycles. The molecule has 0 N–H and O–H groups in total. The summed E-state index contributed by atoms with van der Waals surface area (Å²) in [5, 5.41) is 9.42. The zero-order chi connectivity index (χ0) is 21.4. The third-order valence-electron chi connectivity index (χ3n) is 5.50. The maximum absolute atomic E-state index is 12.4. The molecule has 7 nitrogen and oxygen atoms in total. The minimum absolute atomic E-state index is 0.0625. The first-order valence-corrected chi connectivity index (χ1v) is 9.85. The van der Waals surface area contributed by atoms with Crippen LogP contribution in [0.1, 0.15) is 56.6 Å². The molecule has 1 saturated carbocycles. The molecule has 2 aliphatic rings. The summed E-state index contributed by atoms with van der Waals surface area (Å²) in [6.45, 7) is 3.74. The zero-order valence-electron chi connectivity index (χ0n) is 16.8. The first-order valence-electron chi connectivity index (χ1n) is 9.85. The lowest BCUT2D eigenvalue weighted by molar-refractivity contribution is -0.138. The average Bonchev–Trinajstić information content (AvgIpc) is 3.49. The van der Waals surface area contributed by atoms with Gasteiger partial charge in [-0.1, -0.05) is 12.1 Å². The van der Waals surface area contributed by atoms with Crippen LogP contribution in [0, 0.1) is 25.2 Å². The molecule has 1 fully saturated rings. The van der Waals surface area contributed by atoms with E-state index in [9.17, 15) is 19.6 Å². The second kappa shape index (κ2) is 7.64. The van der Waals surface area contributed by atoms with Crippen molar-refractivity contribution in [3.05, 3.63) is 64.0 Å². The van der Waals surface area contributed by atoms with Gasteiger partial charge >= 0.3 is 5.97 Å². The fraction of sp³-hybridized carbons (Fsp3) is 0.304. The quantitative estimate of drug-likeness (QED) is 0.320. The Morgan fingerprint density at radius 2 is 1.83 bits per heavy atom. The van der Waals surface area contributed by atoms with Crippen molar-refractivity contribution in [1.82, 2.24) is 9.47 Å². The predicted molar refractivity (Wildman–Crippen MR) is 109 cm³/mol. The average molecular weight is 403 g/mol. The molecule has 1 aromatic carbocycles. The highest BCUT2D eigenvalue weighted by molar-refractivity contribution is 6.21. The van der Waals surface area contributed by atoms with Crippen LogP contribution in [0.3, 0.4) is 0 Å². The maximum atomic E-state index is 12.4. The lowest BCUT2D eigenvalue weighted by Gasteiger charge is -2.13. The molecule has 7 heteroatoms. The number of carbonyl (C=O) groups is 3. The second-order valence-electron chi connectivity index (χ2n) is 7.54. The molecule has 0 atom stereocenters. The zero-order valence-corrected chi connectivity index (χ0v) is 16.8. The van der Waals surface area contributed by atoms with Crippen LogP contribution in [0.25, 0.3) is 6.08 Å². The molecule has 1 aliphatic heterocycles. The van der Waals surface area contributed by atoms with Gasteiger partial charge in [0.05, 0.1) is 17.7 Å². The van der Waals surface area contributed by atoms with Gasteiger partial charge in [0.15, 0.2) is 0 Å². The molecule has 0 bridgehead atoms. The molecule has 2 amide bonds. The van der Waals surface area contributed by atoms with Crippen molar-refractivity contribution in [2.24, 2.45) is 0 Å². The number of esters is 1. The normalized spacial score (nSPS) is 15.9. The number of aromatic nitrogens is 1. The Hall–Kier alpha value is -3.66. The number of nitrogens with zero attached hydrogens (tertiary/aromatic N) is 3. The van der Waals surface area contributed by atoms with E-state index in [0.717, 1.165) is 34.7 Å². The van der Waals surface area contributed by atoms with Crippen LogP contribution in [0.4, 0.5) is 0 Å². The number of rotatable bonds is 6. The number of fused-ring (bicyclic) bond motifs is 1. The summed E-state index contributed by atoms with van der Waals surface area (Å²) in [5.41, 5.74) is 3.50. The van der Waals surface area contributed by atoms with Gasteiger partial charge < -0.3 is 9.30 Å². The number of hydrogen-bond acceptors (Lipinski definition) is 5. The van der Waals surface area contributed by atoms with Gasteiger partial charge in [-0.2, -0.15) is 5.26 Å². The Bertz CT molecular complexity index is 1100. The van der Waals surface area contributed by atoms with Crippen LogP contribution in [0.2, 0.25) is 0 Å². The SMILES string of the molecule is Cc1cc(/C=C(\C#N)C(=O)OCCN2C(=O)c3ccccc3C2=O)c(C)n1C1CC1. The Morgan fingerprint density at radius 1 is 1.20 bits per heavy atom. The fourth-order valence-electron chi connectivity index (χ4n) is 3.89. The Morgan fingerprint density at radius 3 is 2.40 bits per heavy atom. The monoisotopic (exact) mass is 403 g/mol. The number of nitriles is 1. The van der Waals surface area contributed by atoms with Gasteiger partial charge in [-0.05, 0) is 56.5 Å². The van der Waals surface area contributed by atoms with E-state index in [0.29, 0.717) is 17.2 Å². The molecule has 0 radical (unpaired) electrons. The van der Waals surface area contributed by atoms with Crippen molar-refractivity contribution in [3.8, 4) is 6.07 Å². The molecule has 2 heterocycles. The Balaban J connectivity index is 1.41. The van der Waals surface area contributed by atoms with Gasteiger partial charge in [0.25, 0.3) is 11.8 Å². The summed E-state index contributed by atoms with van der Waals surface area (Å²) in [5.74, 6) is -1.59. The summed E-state index contributed by atoms with van der Waals surface area (Å²) in [6, 6.07) is 10.9. The van der Waals surface area contributed by atoms with Crippen molar-refractivity contribution in [3.63, 3.8) is 0 Å². The molecule has 0 spiro atoms. The Kier molecular flexibility index (Phi) is 5.00. The van der Waals surface area contributed by atoms with E-state index >= 15 is 0 Å². The van der Waals surface area contributed by atoms with Gasteiger partial charge in [0, 0.05) is 17.4 Å². The van der Waals surface area contributed by atoms with E-state index in [1.165, 1.54) is 6.08 Å². The van der Waals surface area contributed by atoms with Crippen molar-refractivity contribution >= 4 is 23.9 Å². The van der Waals surface area contributed by atoms with Crippen LogP contribution in [0.5, 0.6) is 0 Å². The van der Waals surface area contributed by atoms with Gasteiger partial charge in [0.1, 0.15) is 18.2 Å². The highest BCUT2D eigenvalue weighted by Crippen LogP contribution is 2.38. The second-order valence-corrected chi connectivity index (χ2v) is 7.54. The van der Waals surface area contributed by atoms with Crippen LogP contribution >= 0.6 is 0 Å². The fourth-order valence-corrected chi connectivity index (χ4v) is 3.89. The van der Waals surface area contributed by atoms with E-state index in [4.69, 9.17) is 4.74 Å². The van der Waals surface area contributed by atoms with Crippen LogP contribution in [0.15, 0.2) is 35.9 Å². The molecule has 1 aromatic heterocycles. The molecular weight excluding hydrogens is 382 g/mol. The Labute approximate surface area is 174 Å². The standard InChI is InChI=1S/C23H21N3O4/c1-14-11-16(15(2)26(14)18-7-8-18)12-17(13-24)23(29)30-10-9-25-21(27)19-5-3-4-6-20(19)22(25)28/h3-6,11-12,18H,7-10H2,1-2H3/b17-12+. The minimum atomic E-state index is -0.773. The summed E-state index contributed by atoms with van der Waals surface area (Å²) < 4.78 is 7.41. The molecule has 1 aliphatic carbocycles. The third-order valence-corrected chi connectivity index (χ3v) is 5.50. The van der Waals surface area contributed by atoms with E-state index in [-0.39, 0.29) is 18.7 Å². The van der Waals surface area contributed by atoms with Gasteiger partial charge in [-0.15, -0.1) is 0 Å². The third kappa shape index (κ3) is 3.41. The van der Waals surface area contributed by atoms with Gasteiger partial charge in [0.2, 0.25) is 0 Å². The highest BCUT2D eigenvalue weighted by atomic mass is 16.5. The maximum Gasteiger partial charge on any atom is 0.348 e. The molecule has 152 valence electrons. The van der Waals surface area contributed by atoms with E-state index in [1.54, 1.807) is 24.3 Å². The summed E-state index contributed by atoms with van der Waals surface area (Å²) in [7, 11) is 0. The molecule has 30 heavy (non-hydrogen) atoms. The van der Waals surface area contributed by atoms with Crippen molar-refractivity contribution in [2.45, 2.75) is 32.7 Å². The first kappa shape index (κ1) is 19.6. The number of amides is 2. The smallest absolute Gasteiger partial charge is 0.348 e. The molecular formula is C23H21N3O4. The van der Waals surface area contributed by atoms with Crippen LogP contribution in [-0.4, -0.2) is 40.4 Å². The summed E-state index contributed by atoms with van der Waals surface area (Å²) in [6.07, 6.45) is 3.82. The predicted octanol–water partition coefficient (Wildman–Crippen LogP) is 3.19. The van der Waals surface area contributed by atoms with E-state index < -0.39 is 17.8 Å². The van der Waals surface area contributed by atoms with E-state index in [2.05, 4.69) is 4.57 Å². The van der Waals surface area contributed by atoms with Crippen LogP contribution in [-0.2, 0) is 9.53 Å². The molecule has 2 aromatic rings. The van der Waals surface area contributed by atoms with Crippen molar-refractivity contribution < 1.29 is 19.1 Å². The minimum Gasteiger partial charge on any atom is -0.460 e. The van der Waals surface area contributed by atoms with Crippen molar-refractivity contribution in [2.75, 3.05) is 13.2 Å². The first-order chi connectivity index (χ1) is 14.4. The molecule has 0 unspecified atom stereocenters. The lowest BCUT2D eigenvalue weighted by Crippen LogP contribution is -2.33. The number of ether oxygens (including phenoxy) is 1. The number of aryl methyl sites for hydroxylation is 1. The van der Waals surface area contributed by atoms with Crippen molar-refractivity contribution in [1.29, 1.82) is 5.26 Å². The summed E-state index contributed by atoms with van der Waals surface area (Å²) >= 11 is 0. The number of benzene rings is 1. The van der Waals surface area contributed by atoms with Crippen LogP contribution < -0.4 is 0 Å². The molecule has 4 rings (SSSR count). The summed E-state index contributed by atoms with van der Waals surface area (Å²) in [4.78, 5) is 38.1. The van der Waals surface area contributed by atoms with Gasteiger partial charge in [-0.25, -0.2) is 4.79 Å². The number of hydrogen-bond donors (Lipinski definition) is 0. The number of carbonyl (C=O) groups excluding carboxylic acids is 3. The topological polar surface area (TPSA) is 92.4 Å².